The zero-order valence-corrected chi connectivity index (χ0v) is 15.0. The largest absolute Gasteiger partial charge is 0.456 e. The van der Waals surface area contributed by atoms with E-state index in [2.05, 4.69) is 5.32 Å². The Kier molecular flexibility index (Phi) is 5.62. The smallest absolute Gasteiger partial charge is 0.308 e. The van der Waals surface area contributed by atoms with Crippen LogP contribution in [-0.2, 0) is 19.1 Å². The second-order valence-electron chi connectivity index (χ2n) is 7.05. The summed E-state index contributed by atoms with van der Waals surface area (Å²) in [6.45, 7) is 6.67. The number of carbonyl (C=O) groups is 3. The molecule has 0 unspecified atom stereocenters. The normalized spacial score (nSPS) is 16.2. The van der Waals surface area contributed by atoms with Crippen molar-refractivity contribution in [3.8, 4) is 0 Å². The van der Waals surface area contributed by atoms with Crippen molar-refractivity contribution in [1.82, 2.24) is 10.2 Å². The van der Waals surface area contributed by atoms with Gasteiger partial charge in [-0.3, -0.25) is 14.4 Å². The number of hydrogen-bond acceptors (Lipinski definition) is 4. The van der Waals surface area contributed by atoms with Gasteiger partial charge in [0.1, 0.15) is 0 Å². The van der Waals surface area contributed by atoms with Gasteiger partial charge in [0.05, 0.1) is 12.5 Å². The molecule has 1 N–H and O–H groups in total. The molecule has 0 fully saturated rings. The second kappa shape index (κ2) is 7.51. The minimum absolute atomic E-state index is 0.0102. The molecule has 1 aliphatic heterocycles. The molecule has 1 heterocycles. The first-order valence-electron chi connectivity index (χ1n) is 8.20. The number of nitrogens with zero attached hydrogens (tertiary/aromatic N) is 1. The number of nitrogens with one attached hydrogen (secondary N) is 1. The highest BCUT2D eigenvalue weighted by atomic mass is 16.5. The predicted octanol–water partition coefficient (Wildman–Crippen LogP) is 2.41. The lowest BCUT2D eigenvalue weighted by Gasteiger charge is -2.32. The molecule has 1 atom stereocenters. The summed E-state index contributed by atoms with van der Waals surface area (Å²) >= 11 is 0. The first kappa shape index (κ1) is 18.7. The molecule has 25 heavy (non-hydrogen) atoms. The standard InChI is InChI=1S/C19H24N2O4/c1-13(22)21-10-9-14-7-5-6-8-15(14)16(21)11-18(24)25-12-17(23)20-19(2,3)4/h5-10,16H,11-12H2,1-4H3,(H,20,23)/t16-/m0/s1. The van der Waals surface area contributed by atoms with Gasteiger partial charge in [0.15, 0.2) is 6.61 Å². The van der Waals surface area contributed by atoms with Crippen LogP contribution in [0.3, 0.4) is 0 Å². The van der Waals surface area contributed by atoms with Crippen LogP contribution < -0.4 is 5.32 Å². The Labute approximate surface area is 147 Å². The minimum Gasteiger partial charge on any atom is -0.456 e. The van der Waals surface area contributed by atoms with Crippen LogP contribution in [0.15, 0.2) is 30.5 Å². The van der Waals surface area contributed by atoms with Crippen LogP contribution in [0.4, 0.5) is 0 Å². The van der Waals surface area contributed by atoms with Gasteiger partial charge in [-0.2, -0.15) is 0 Å². The average Bonchev–Trinajstić information content (AvgIpc) is 2.51. The van der Waals surface area contributed by atoms with Gasteiger partial charge in [-0.25, -0.2) is 0 Å². The maximum atomic E-state index is 12.2. The fourth-order valence-corrected chi connectivity index (χ4v) is 2.73. The van der Waals surface area contributed by atoms with Gasteiger partial charge < -0.3 is 15.0 Å². The third kappa shape index (κ3) is 5.17. The highest BCUT2D eigenvalue weighted by Gasteiger charge is 2.29. The van der Waals surface area contributed by atoms with E-state index in [0.29, 0.717) is 0 Å². The minimum atomic E-state index is -0.523. The van der Waals surface area contributed by atoms with E-state index in [4.69, 9.17) is 4.74 Å². The third-order valence-electron chi connectivity index (χ3n) is 3.71. The molecule has 1 aromatic carbocycles. The fourth-order valence-electron chi connectivity index (χ4n) is 2.73. The van der Waals surface area contributed by atoms with Crippen molar-refractivity contribution in [3.05, 3.63) is 41.6 Å². The Morgan fingerprint density at radius 3 is 2.52 bits per heavy atom. The molecule has 6 heteroatoms. The van der Waals surface area contributed by atoms with Crippen molar-refractivity contribution in [1.29, 1.82) is 0 Å². The molecule has 134 valence electrons. The number of amides is 2. The van der Waals surface area contributed by atoms with Crippen LogP contribution >= 0.6 is 0 Å². The van der Waals surface area contributed by atoms with Crippen molar-refractivity contribution in [3.63, 3.8) is 0 Å². The molecule has 0 bridgehead atoms. The molecule has 2 amide bonds. The van der Waals surface area contributed by atoms with Crippen LogP contribution in [-0.4, -0.2) is 34.8 Å². The second-order valence-corrected chi connectivity index (χ2v) is 7.05. The Balaban J connectivity index is 2.03. The maximum Gasteiger partial charge on any atom is 0.308 e. The Bertz CT molecular complexity index is 704. The van der Waals surface area contributed by atoms with Crippen molar-refractivity contribution < 1.29 is 19.1 Å². The molecule has 0 aliphatic carbocycles. The first-order valence-corrected chi connectivity index (χ1v) is 8.20. The maximum absolute atomic E-state index is 12.2. The van der Waals surface area contributed by atoms with Crippen LogP contribution in [0.2, 0.25) is 0 Å². The molecular formula is C19H24N2O4. The van der Waals surface area contributed by atoms with Gasteiger partial charge in [0.25, 0.3) is 5.91 Å². The lowest BCUT2D eigenvalue weighted by atomic mass is 9.94. The van der Waals surface area contributed by atoms with Crippen LogP contribution in [0.1, 0.15) is 51.3 Å². The van der Waals surface area contributed by atoms with E-state index >= 15 is 0 Å². The summed E-state index contributed by atoms with van der Waals surface area (Å²) in [6.07, 6.45) is 3.51. The summed E-state index contributed by atoms with van der Waals surface area (Å²) in [7, 11) is 0. The van der Waals surface area contributed by atoms with E-state index < -0.39 is 12.0 Å². The number of benzene rings is 1. The molecule has 1 aromatic rings. The highest BCUT2D eigenvalue weighted by Crippen LogP contribution is 2.32. The fraction of sp³-hybridized carbons (Fsp3) is 0.421. The van der Waals surface area contributed by atoms with Crippen LogP contribution in [0.5, 0.6) is 0 Å². The van der Waals surface area contributed by atoms with Crippen molar-refractivity contribution in [2.45, 2.75) is 45.7 Å². The summed E-state index contributed by atoms with van der Waals surface area (Å²) in [4.78, 5) is 37.4. The summed E-state index contributed by atoms with van der Waals surface area (Å²) < 4.78 is 5.08. The van der Waals surface area contributed by atoms with Gasteiger partial charge in [0, 0.05) is 18.7 Å². The SMILES string of the molecule is CC(=O)N1C=Cc2ccccc2[C@@H]1CC(=O)OCC(=O)NC(C)(C)C. The number of carbonyl (C=O) groups excluding carboxylic acids is 3. The molecule has 2 rings (SSSR count). The Hall–Kier alpha value is -2.63. The third-order valence-corrected chi connectivity index (χ3v) is 3.71. The molecule has 1 aliphatic rings. The van der Waals surface area contributed by atoms with E-state index in [-0.39, 0.29) is 30.4 Å². The van der Waals surface area contributed by atoms with Crippen molar-refractivity contribution in [2.75, 3.05) is 6.61 Å². The Morgan fingerprint density at radius 1 is 1.20 bits per heavy atom. The molecule has 0 spiro atoms. The number of ether oxygens (including phenoxy) is 1. The zero-order chi connectivity index (χ0) is 18.6. The number of hydrogen-bond donors (Lipinski definition) is 1. The van der Waals surface area contributed by atoms with Gasteiger partial charge in [-0.15, -0.1) is 0 Å². The summed E-state index contributed by atoms with van der Waals surface area (Å²) in [6, 6.07) is 7.15. The first-order chi connectivity index (χ1) is 11.7. The summed E-state index contributed by atoms with van der Waals surface area (Å²) in [5.41, 5.74) is 1.46. The number of rotatable bonds is 4. The number of fused-ring (bicyclic) bond motifs is 1. The van der Waals surface area contributed by atoms with Crippen molar-refractivity contribution >= 4 is 23.9 Å². The average molecular weight is 344 g/mol. The van der Waals surface area contributed by atoms with Crippen LogP contribution in [0.25, 0.3) is 6.08 Å². The van der Waals surface area contributed by atoms with Gasteiger partial charge in [0.2, 0.25) is 5.91 Å². The highest BCUT2D eigenvalue weighted by molar-refractivity contribution is 5.82. The van der Waals surface area contributed by atoms with Gasteiger partial charge in [-0.1, -0.05) is 24.3 Å². The van der Waals surface area contributed by atoms with E-state index in [9.17, 15) is 14.4 Å². The molecular weight excluding hydrogens is 320 g/mol. The molecule has 0 saturated heterocycles. The zero-order valence-electron chi connectivity index (χ0n) is 15.0. The lowest BCUT2D eigenvalue weighted by Crippen LogP contribution is -2.43. The predicted molar refractivity (Wildman–Crippen MR) is 94.2 cm³/mol. The quantitative estimate of drug-likeness (QED) is 0.851. The van der Waals surface area contributed by atoms with Gasteiger partial charge in [-0.05, 0) is 38.0 Å². The summed E-state index contributed by atoms with van der Waals surface area (Å²) in [5.74, 6) is -1.03. The van der Waals surface area contributed by atoms with E-state index in [0.717, 1.165) is 11.1 Å². The van der Waals surface area contributed by atoms with Gasteiger partial charge >= 0.3 is 5.97 Å². The number of esters is 1. The molecule has 6 nitrogen and oxygen atoms in total. The van der Waals surface area contributed by atoms with E-state index in [1.807, 2.05) is 51.1 Å². The van der Waals surface area contributed by atoms with Crippen molar-refractivity contribution in [2.24, 2.45) is 0 Å². The van der Waals surface area contributed by atoms with Crippen LogP contribution in [0, 0.1) is 0 Å². The lowest BCUT2D eigenvalue weighted by molar-refractivity contribution is -0.150. The van der Waals surface area contributed by atoms with E-state index in [1.165, 1.54) is 11.8 Å². The monoisotopic (exact) mass is 344 g/mol. The molecule has 0 radical (unpaired) electrons. The summed E-state index contributed by atoms with van der Waals surface area (Å²) in [5, 5.41) is 2.73. The van der Waals surface area contributed by atoms with E-state index in [1.54, 1.807) is 6.20 Å². The topological polar surface area (TPSA) is 75.7 Å². The Morgan fingerprint density at radius 2 is 1.88 bits per heavy atom. The molecule has 0 aromatic heterocycles. The molecule has 0 saturated carbocycles.